The van der Waals surface area contributed by atoms with E-state index in [0.717, 1.165) is 16.3 Å². The van der Waals surface area contributed by atoms with Gasteiger partial charge in [-0.2, -0.15) is 0 Å². The molecule has 0 fully saturated rings. The monoisotopic (exact) mass is 561 g/mol. The maximum absolute atomic E-state index is 8.40. The summed E-state index contributed by atoms with van der Waals surface area (Å²) in [5.41, 5.74) is 4.09. The van der Waals surface area contributed by atoms with Gasteiger partial charge in [0.25, 0.3) is 0 Å². The van der Waals surface area contributed by atoms with E-state index in [9.17, 15) is 0 Å². The Morgan fingerprint density at radius 2 is 0.837 bits per heavy atom. The Kier molecular flexibility index (Phi) is 4.04. The molecule has 0 saturated heterocycles. The number of hydrogen-bond donors (Lipinski definition) is 0. The first-order valence-electron chi connectivity index (χ1n) is 18.5. The Balaban J connectivity index is 1.22. The van der Waals surface area contributed by atoms with E-state index in [2.05, 4.69) is 0 Å². The van der Waals surface area contributed by atoms with Gasteiger partial charge in [-0.3, -0.25) is 0 Å². The third-order valence-electron chi connectivity index (χ3n) is 7.12. The van der Waals surface area contributed by atoms with Crippen LogP contribution < -0.4 is 0 Å². The number of fused-ring (bicyclic) bond motifs is 3. The van der Waals surface area contributed by atoms with Gasteiger partial charge in [-0.15, -0.1) is 0 Å². The van der Waals surface area contributed by atoms with Gasteiger partial charge in [0.15, 0.2) is 17.5 Å². The first-order valence-corrected chi connectivity index (χ1v) is 13.5. The Hall–Kier alpha value is -5.87. The van der Waals surface area contributed by atoms with Crippen LogP contribution in [0.25, 0.3) is 78.4 Å². The molecule has 2 heterocycles. The summed E-state index contributed by atoms with van der Waals surface area (Å²) in [6.45, 7) is 0. The molecule has 4 heteroatoms. The van der Waals surface area contributed by atoms with Crippen LogP contribution in [0.15, 0.2) is 156 Å². The van der Waals surface area contributed by atoms with Crippen molar-refractivity contribution in [2.24, 2.45) is 0 Å². The lowest BCUT2D eigenvalue weighted by atomic mass is 10.0. The second-order valence-corrected chi connectivity index (χ2v) is 9.77. The molecule has 202 valence electrons. The van der Waals surface area contributed by atoms with Gasteiger partial charge in [-0.1, -0.05) is 127 Å². The molecule has 0 spiro atoms. The van der Waals surface area contributed by atoms with Crippen molar-refractivity contribution in [1.82, 2.24) is 15.0 Å². The van der Waals surface area contributed by atoms with E-state index >= 15 is 0 Å². The smallest absolute Gasteiger partial charge is 0.164 e. The average Bonchev–Trinajstić information content (AvgIpc) is 3.55. The van der Waals surface area contributed by atoms with Crippen LogP contribution >= 0.6 is 0 Å². The second-order valence-electron chi connectivity index (χ2n) is 9.77. The van der Waals surface area contributed by atoms with Crippen LogP contribution in [0.5, 0.6) is 0 Å². The summed E-state index contributed by atoms with van der Waals surface area (Å²) in [4.78, 5) is 14.4. The molecule has 0 bridgehead atoms. The summed E-state index contributed by atoms with van der Waals surface area (Å²) in [5, 5.41) is 1.58. The molecule has 8 rings (SSSR count). The van der Waals surface area contributed by atoms with E-state index < -0.39 is 36.3 Å². The normalized spacial score (nSPS) is 14.5. The van der Waals surface area contributed by atoms with Crippen molar-refractivity contribution in [2.45, 2.75) is 0 Å². The maximum atomic E-state index is 8.40. The molecule has 2 aromatic heterocycles. The molecule has 6 aromatic carbocycles. The highest BCUT2D eigenvalue weighted by Gasteiger charge is 2.15. The van der Waals surface area contributed by atoms with Gasteiger partial charge in [0, 0.05) is 27.5 Å². The Labute approximate surface area is 263 Å². The summed E-state index contributed by atoms with van der Waals surface area (Å²) < 4.78 is 88.0. The van der Waals surface area contributed by atoms with Gasteiger partial charge in [-0.25, -0.2) is 15.0 Å². The minimum Gasteiger partial charge on any atom is -0.456 e. The van der Waals surface area contributed by atoms with Gasteiger partial charge >= 0.3 is 0 Å². The van der Waals surface area contributed by atoms with Crippen molar-refractivity contribution in [3.05, 3.63) is 151 Å². The first-order chi connectivity index (χ1) is 25.4. The number of hydrogen-bond acceptors (Lipinski definition) is 4. The summed E-state index contributed by atoms with van der Waals surface area (Å²) in [6.07, 6.45) is 0. The second kappa shape index (κ2) is 10.5. The van der Waals surface area contributed by atoms with Crippen molar-refractivity contribution in [1.29, 1.82) is 0 Å². The first kappa shape index (κ1) is 16.5. The highest BCUT2D eigenvalue weighted by molar-refractivity contribution is 6.06. The number of benzene rings is 6. The topological polar surface area (TPSA) is 51.8 Å². The number of furan rings is 1. The molecule has 0 N–H and O–H groups in total. The van der Waals surface area contributed by atoms with Crippen molar-refractivity contribution >= 4 is 21.9 Å². The largest absolute Gasteiger partial charge is 0.456 e. The maximum Gasteiger partial charge on any atom is 0.164 e. The van der Waals surface area contributed by atoms with Crippen molar-refractivity contribution < 1.29 is 18.1 Å². The van der Waals surface area contributed by atoms with E-state index in [4.69, 9.17) is 33.1 Å². The molecular weight excluding hydrogens is 526 g/mol. The summed E-state index contributed by atoms with van der Waals surface area (Å²) in [5.74, 6) is 1.15. The third kappa shape index (κ3) is 4.75. The SMILES string of the molecule is [2H]c1c([2H])c([2H])c(-c2ccc(-c3nc(-c4ccccc4)nc(-c4ccc5c(c4)oc4cc(-c6c([2H])c([2H])c([2H])c([2H])c6[2H])ccc45)n3)cc2)c([2H])c1[2H]. The van der Waals surface area contributed by atoms with Gasteiger partial charge in [0.1, 0.15) is 11.2 Å². The fraction of sp³-hybridized carbons (Fsp3) is 0. The van der Waals surface area contributed by atoms with Crippen LogP contribution in [0, 0.1) is 0 Å². The van der Waals surface area contributed by atoms with E-state index in [1.165, 1.54) is 0 Å². The molecule has 0 atom stereocenters. The summed E-state index contributed by atoms with van der Waals surface area (Å²) in [7, 11) is 0. The summed E-state index contributed by atoms with van der Waals surface area (Å²) >= 11 is 0. The van der Waals surface area contributed by atoms with Gasteiger partial charge in [0.05, 0.1) is 13.7 Å². The summed E-state index contributed by atoms with van der Waals surface area (Å²) in [6, 6.07) is 23.3. The van der Waals surface area contributed by atoms with Crippen molar-refractivity contribution in [3.63, 3.8) is 0 Å². The molecule has 0 unspecified atom stereocenters. The van der Waals surface area contributed by atoms with E-state index in [0.29, 0.717) is 50.9 Å². The van der Waals surface area contributed by atoms with Gasteiger partial charge < -0.3 is 4.42 Å². The minimum atomic E-state index is -0.455. The average molecular weight is 562 g/mol. The van der Waals surface area contributed by atoms with Gasteiger partial charge in [-0.05, 0) is 46.5 Å². The Morgan fingerprint density at radius 3 is 1.44 bits per heavy atom. The van der Waals surface area contributed by atoms with Crippen LogP contribution in [0.2, 0.25) is 0 Å². The quantitative estimate of drug-likeness (QED) is 0.210. The highest BCUT2D eigenvalue weighted by atomic mass is 16.3. The number of rotatable bonds is 5. The lowest BCUT2D eigenvalue weighted by Gasteiger charge is -2.09. The standard InChI is InChI=1S/C39H25N3O/c1-4-10-26(11-5-1)28-16-18-30(19-17-28)38-40-37(29-14-8-3-9-15-29)41-39(42-38)32-21-23-34-33-22-20-31(27-12-6-2-7-13-27)24-35(33)43-36(34)25-32/h1-25H/i1D,2D,4D,5D,6D,7D,10D,11D,12D,13D. The fourth-order valence-electron chi connectivity index (χ4n) is 5.00. The highest BCUT2D eigenvalue weighted by Crippen LogP contribution is 2.35. The number of nitrogens with zero attached hydrogens (tertiary/aromatic N) is 3. The molecular formula is C39H25N3O. The van der Waals surface area contributed by atoms with Crippen LogP contribution in [0.3, 0.4) is 0 Å². The van der Waals surface area contributed by atoms with Crippen LogP contribution in [0.4, 0.5) is 0 Å². The fourth-order valence-corrected chi connectivity index (χ4v) is 5.00. The molecule has 4 nitrogen and oxygen atoms in total. The lowest BCUT2D eigenvalue weighted by molar-refractivity contribution is 0.669. The van der Waals surface area contributed by atoms with Crippen molar-refractivity contribution in [3.8, 4) is 56.4 Å². The predicted molar refractivity (Wildman–Crippen MR) is 174 cm³/mol. The van der Waals surface area contributed by atoms with E-state index in [1.807, 2.05) is 48.5 Å². The Morgan fingerprint density at radius 1 is 0.395 bits per heavy atom. The van der Waals surface area contributed by atoms with E-state index in [-0.39, 0.29) is 35.3 Å². The Bertz CT molecular complexity index is 2730. The number of aromatic nitrogens is 3. The molecule has 0 radical (unpaired) electrons. The molecule has 43 heavy (non-hydrogen) atoms. The molecule has 8 aromatic rings. The minimum absolute atomic E-state index is 0.0894. The zero-order valence-electron chi connectivity index (χ0n) is 32.4. The zero-order valence-corrected chi connectivity index (χ0v) is 22.4. The molecule has 0 aliphatic heterocycles. The van der Waals surface area contributed by atoms with Crippen molar-refractivity contribution in [2.75, 3.05) is 0 Å². The van der Waals surface area contributed by atoms with Crippen LogP contribution in [-0.4, -0.2) is 15.0 Å². The predicted octanol–water partition coefficient (Wildman–Crippen LogP) is 10.1. The zero-order chi connectivity index (χ0) is 37.3. The molecule has 0 aliphatic rings. The van der Waals surface area contributed by atoms with Gasteiger partial charge in [0.2, 0.25) is 0 Å². The third-order valence-corrected chi connectivity index (χ3v) is 7.12. The lowest BCUT2D eigenvalue weighted by Crippen LogP contribution is -2.00. The molecule has 0 aliphatic carbocycles. The molecule has 0 saturated carbocycles. The van der Waals surface area contributed by atoms with Crippen LogP contribution in [-0.2, 0) is 0 Å². The van der Waals surface area contributed by atoms with Crippen LogP contribution in [0.1, 0.15) is 13.7 Å². The molecule has 0 amide bonds. The van der Waals surface area contributed by atoms with E-state index in [1.54, 1.807) is 42.5 Å².